The van der Waals surface area contributed by atoms with Gasteiger partial charge in [0, 0.05) is 6.21 Å². The van der Waals surface area contributed by atoms with Crippen molar-refractivity contribution in [2.75, 3.05) is 6.61 Å². The molecule has 0 amide bonds. The molecule has 0 aromatic heterocycles. The molecule has 136 valence electrons. The van der Waals surface area contributed by atoms with Crippen LogP contribution in [-0.4, -0.2) is 18.8 Å². The minimum atomic E-state index is -0.413. The van der Waals surface area contributed by atoms with Crippen LogP contribution in [0.5, 0.6) is 11.5 Å². The molecular weight excluding hydrogens is 406 g/mol. The molecule has 0 atom stereocenters. The van der Waals surface area contributed by atoms with E-state index in [4.69, 9.17) is 9.47 Å². The molecule has 3 rings (SSSR count). The molecule has 0 spiro atoms. The highest BCUT2D eigenvalue weighted by atomic mass is 79.9. The van der Waals surface area contributed by atoms with Crippen LogP contribution in [0.1, 0.15) is 22.8 Å². The van der Waals surface area contributed by atoms with E-state index in [9.17, 15) is 4.79 Å². The second-order valence-corrected chi connectivity index (χ2v) is 6.48. The lowest BCUT2D eigenvalue weighted by molar-refractivity contribution is 0.0733. The molecule has 0 fully saturated rings. The number of hydrogen-bond acceptors (Lipinski definition) is 4. The van der Waals surface area contributed by atoms with E-state index in [1.54, 1.807) is 36.5 Å². The van der Waals surface area contributed by atoms with Crippen molar-refractivity contribution < 1.29 is 14.3 Å². The summed E-state index contributed by atoms with van der Waals surface area (Å²) in [5, 5.41) is 0. The van der Waals surface area contributed by atoms with Crippen LogP contribution in [0.25, 0.3) is 0 Å². The Morgan fingerprint density at radius 1 is 1.00 bits per heavy atom. The number of para-hydroxylation sites is 1. The summed E-state index contributed by atoms with van der Waals surface area (Å²) in [5.74, 6) is 0.909. The SMILES string of the molecule is CCOc1ccc(C=Nc2ccc(C(=O)Oc3ccccc3Br)cc2)cc1. The van der Waals surface area contributed by atoms with Gasteiger partial charge >= 0.3 is 5.97 Å². The maximum absolute atomic E-state index is 12.2. The molecule has 0 N–H and O–H groups in total. The summed E-state index contributed by atoms with van der Waals surface area (Å²) < 4.78 is 11.5. The van der Waals surface area contributed by atoms with Gasteiger partial charge in [-0.3, -0.25) is 4.99 Å². The lowest BCUT2D eigenvalue weighted by Gasteiger charge is -2.06. The van der Waals surface area contributed by atoms with Crippen LogP contribution in [-0.2, 0) is 0 Å². The van der Waals surface area contributed by atoms with Gasteiger partial charge in [-0.2, -0.15) is 0 Å². The number of rotatable bonds is 6. The van der Waals surface area contributed by atoms with Crippen LogP contribution in [0.3, 0.4) is 0 Å². The summed E-state index contributed by atoms with van der Waals surface area (Å²) in [6, 6.07) is 21.9. The maximum Gasteiger partial charge on any atom is 0.343 e. The van der Waals surface area contributed by atoms with Gasteiger partial charge < -0.3 is 9.47 Å². The van der Waals surface area contributed by atoms with Gasteiger partial charge in [-0.05, 0) is 89.1 Å². The predicted octanol–water partition coefficient (Wildman–Crippen LogP) is 5.82. The Bertz CT molecular complexity index is 935. The first-order valence-corrected chi connectivity index (χ1v) is 9.28. The molecule has 0 aliphatic carbocycles. The highest BCUT2D eigenvalue weighted by Crippen LogP contribution is 2.25. The largest absolute Gasteiger partial charge is 0.494 e. The monoisotopic (exact) mass is 423 g/mol. The second-order valence-electron chi connectivity index (χ2n) is 5.63. The number of hydrogen-bond donors (Lipinski definition) is 0. The van der Waals surface area contributed by atoms with E-state index in [-0.39, 0.29) is 0 Å². The molecule has 0 aliphatic rings. The van der Waals surface area contributed by atoms with Gasteiger partial charge in [0.05, 0.1) is 22.3 Å². The molecular formula is C22H18BrNO3. The van der Waals surface area contributed by atoms with Crippen LogP contribution in [0.15, 0.2) is 82.3 Å². The molecule has 5 heteroatoms. The van der Waals surface area contributed by atoms with Gasteiger partial charge in [0.1, 0.15) is 11.5 Å². The van der Waals surface area contributed by atoms with Crippen LogP contribution >= 0.6 is 15.9 Å². The van der Waals surface area contributed by atoms with Crippen molar-refractivity contribution in [1.82, 2.24) is 0 Å². The lowest BCUT2D eigenvalue weighted by atomic mass is 10.2. The fourth-order valence-electron chi connectivity index (χ4n) is 2.34. The molecule has 3 aromatic carbocycles. The van der Waals surface area contributed by atoms with Crippen molar-refractivity contribution >= 4 is 33.8 Å². The summed E-state index contributed by atoms with van der Waals surface area (Å²) >= 11 is 3.36. The summed E-state index contributed by atoms with van der Waals surface area (Å²) in [6.07, 6.45) is 1.77. The Morgan fingerprint density at radius 2 is 1.70 bits per heavy atom. The first-order valence-electron chi connectivity index (χ1n) is 8.49. The third kappa shape index (κ3) is 5.28. The van der Waals surface area contributed by atoms with E-state index in [1.165, 1.54) is 0 Å². The van der Waals surface area contributed by atoms with E-state index in [0.29, 0.717) is 17.9 Å². The fourth-order valence-corrected chi connectivity index (χ4v) is 2.70. The van der Waals surface area contributed by atoms with Crippen LogP contribution in [0.2, 0.25) is 0 Å². The number of benzene rings is 3. The Labute approximate surface area is 166 Å². The molecule has 4 nitrogen and oxygen atoms in total. The minimum Gasteiger partial charge on any atom is -0.494 e. The second kappa shape index (κ2) is 9.14. The smallest absolute Gasteiger partial charge is 0.343 e. The van der Waals surface area contributed by atoms with E-state index < -0.39 is 5.97 Å². The quantitative estimate of drug-likeness (QED) is 0.285. The number of aliphatic imine (C=N–C) groups is 1. The van der Waals surface area contributed by atoms with Gasteiger partial charge in [-0.1, -0.05) is 12.1 Å². The number of nitrogens with zero attached hydrogens (tertiary/aromatic N) is 1. The highest BCUT2D eigenvalue weighted by molar-refractivity contribution is 9.10. The summed E-state index contributed by atoms with van der Waals surface area (Å²) in [7, 11) is 0. The zero-order valence-electron chi connectivity index (χ0n) is 14.8. The minimum absolute atomic E-state index is 0.413. The van der Waals surface area contributed by atoms with Gasteiger partial charge in [-0.25, -0.2) is 4.79 Å². The van der Waals surface area contributed by atoms with Gasteiger partial charge in [-0.15, -0.1) is 0 Å². The van der Waals surface area contributed by atoms with E-state index in [0.717, 1.165) is 21.5 Å². The number of halogens is 1. The standard InChI is InChI=1S/C22H18BrNO3/c1-2-26-19-13-7-16(8-14-19)15-24-18-11-9-17(10-12-18)22(25)27-21-6-4-3-5-20(21)23/h3-15H,2H2,1H3. The van der Waals surface area contributed by atoms with Crippen molar-refractivity contribution in [3.05, 3.63) is 88.4 Å². The van der Waals surface area contributed by atoms with Gasteiger partial charge in [0.25, 0.3) is 0 Å². The Balaban J connectivity index is 1.64. The Morgan fingerprint density at radius 3 is 2.37 bits per heavy atom. The molecule has 0 unspecified atom stereocenters. The summed E-state index contributed by atoms with van der Waals surface area (Å²) in [5.41, 5.74) is 2.18. The fraction of sp³-hybridized carbons (Fsp3) is 0.0909. The molecule has 0 aliphatic heterocycles. The molecule has 0 saturated carbocycles. The average molecular weight is 424 g/mol. The predicted molar refractivity (Wildman–Crippen MR) is 110 cm³/mol. The molecule has 0 saturated heterocycles. The number of carbonyl (C=O) groups is 1. The average Bonchev–Trinajstić information content (AvgIpc) is 2.70. The number of carbonyl (C=O) groups excluding carboxylic acids is 1. The van der Waals surface area contributed by atoms with E-state index in [2.05, 4.69) is 20.9 Å². The first kappa shape index (κ1) is 18.9. The number of ether oxygens (including phenoxy) is 2. The van der Waals surface area contributed by atoms with Crippen molar-refractivity contribution in [3.63, 3.8) is 0 Å². The van der Waals surface area contributed by atoms with Crippen molar-refractivity contribution in [2.24, 2.45) is 4.99 Å². The summed E-state index contributed by atoms with van der Waals surface area (Å²) in [6.45, 7) is 2.59. The molecule has 0 bridgehead atoms. The van der Waals surface area contributed by atoms with Crippen LogP contribution in [0.4, 0.5) is 5.69 Å². The first-order chi connectivity index (χ1) is 13.2. The van der Waals surface area contributed by atoms with E-state index >= 15 is 0 Å². The Hall–Kier alpha value is -2.92. The van der Waals surface area contributed by atoms with Crippen LogP contribution in [0, 0.1) is 0 Å². The molecule has 0 heterocycles. The third-order valence-electron chi connectivity index (χ3n) is 3.70. The van der Waals surface area contributed by atoms with E-state index in [1.807, 2.05) is 49.4 Å². The molecule has 27 heavy (non-hydrogen) atoms. The molecule has 3 aromatic rings. The number of esters is 1. The lowest BCUT2D eigenvalue weighted by Crippen LogP contribution is -2.08. The van der Waals surface area contributed by atoms with Crippen molar-refractivity contribution in [3.8, 4) is 11.5 Å². The zero-order valence-corrected chi connectivity index (χ0v) is 16.3. The Kier molecular flexibility index (Phi) is 6.39. The van der Waals surface area contributed by atoms with Gasteiger partial charge in [0.15, 0.2) is 0 Å². The van der Waals surface area contributed by atoms with Crippen molar-refractivity contribution in [1.29, 1.82) is 0 Å². The summed E-state index contributed by atoms with van der Waals surface area (Å²) in [4.78, 5) is 16.7. The normalized spacial score (nSPS) is 10.7. The topological polar surface area (TPSA) is 47.9 Å². The zero-order chi connectivity index (χ0) is 19.1. The maximum atomic E-state index is 12.2. The highest BCUT2D eigenvalue weighted by Gasteiger charge is 2.10. The third-order valence-corrected chi connectivity index (χ3v) is 4.35. The van der Waals surface area contributed by atoms with Crippen molar-refractivity contribution in [2.45, 2.75) is 6.92 Å². The van der Waals surface area contributed by atoms with Crippen LogP contribution < -0.4 is 9.47 Å². The molecule has 0 radical (unpaired) electrons. The van der Waals surface area contributed by atoms with Gasteiger partial charge in [0.2, 0.25) is 0 Å².